The van der Waals surface area contributed by atoms with E-state index in [1.165, 1.54) is 0 Å². The molecule has 1 atom stereocenters. The number of aliphatic hydroxyl groups is 1. The van der Waals surface area contributed by atoms with Gasteiger partial charge in [0.1, 0.15) is 0 Å². The summed E-state index contributed by atoms with van der Waals surface area (Å²) in [5, 5.41) is 8.98. The van der Waals surface area contributed by atoms with Crippen LogP contribution in [0, 0.1) is 0 Å². The number of ether oxygens (including phenoxy) is 1. The number of hydrogen-bond acceptors (Lipinski definition) is 4. The quantitative estimate of drug-likeness (QED) is 0.651. The number of carbonyl (C=O) groups is 1. The molecule has 1 N–H and O–H groups in total. The Bertz CT molecular complexity index is 252. The van der Waals surface area contributed by atoms with Crippen LogP contribution in [0.25, 0.3) is 0 Å². The van der Waals surface area contributed by atoms with Gasteiger partial charge in [-0.15, -0.1) is 6.58 Å². The van der Waals surface area contributed by atoms with Crippen molar-refractivity contribution in [2.45, 2.75) is 13.0 Å². The van der Waals surface area contributed by atoms with Gasteiger partial charge in [-0.2, -0.15) is 0 Å². The molecular weight excluding hydrogens is 220 g/mol. The number of amides is 1. The summed E-state index contributed by atoms with van der Waals surface area (Å²) in [6.45, 7) is 9.23. The van der Waals surface area contributed by atoms with Crippen molar-refractivity contribution in [2.24, 2.45) is 0 Å². The zero-order valence-electron chi connectivity index (χ0n) is 10.5. The van der Waals surface area contributed by atoms with Crippen molar-refractivity contribution in [3.8, 4) is 0 Å². The van der Waals surface area contributed by atoms with E-state index in [2.05, 4.69) is 6.58 Å². The molecule has 0 saturated carbocycles. The molecule has 98 valence electrons. The summed E-state index contributed by atoms with van der Waals surface area (Å²) >= 11 is 0. The molecule has 1 fully saturated rings. The number of hydrogen-bond donors (Lipinski definition) is 1. The minimum atomic E-state index is -0.224. The minimum absolute atomic E-state index is 0.0502. The van der Waals surface area contributed by atoms with Crippen LogP contribution >= 0.6 is 0 Å². The second-order valence-corrected chi connectivity index (χ2v) is 4.12. The van der Waals surface area contributed by atoms with Gasteiger partial charge in [0.25, 0.3) is 0 Å². The van der Waals surface area contributed by atoms with Crippen molar-refractivity contribution in [3.63, 3.8) is 0 Å². The summed E-state index contributed by atoms with van der Waals surface area (Å²) in [7, 11) is 0. The maximum Gasteiger partial charge on any atom is 0.239 e. The number of aliphatic hydroxyl groups excluding tert-OH is 1. The first-order chi connectivity index (χ1) is 8.20. The summed E-state index contributed by atoms with van der Waals surface area (Å²) in [5.41, 5.74) is 0. The fourth-order valence-electron chi connectivity index (χ4n) is 1.94. The predicted octanol–water partition coefficient (Wildman–Crippen LogP) is -0.286. The number of carbonyl (C=O) groups excluding carboxylic acids is 1. The highest BCUT2D eigenvalue weighted by Gasteiger charge is 2.26. The fourth-order valence-corrected chi connectivity index (χ4v) is 1.94. The van der Waals surface area contributed by atoms with E-state index in [9.17, 15) is 4.79 Å². The van der Waals surface area contributed by atoms with Gasteiger partial charge in [-0.1, -0.05) is 6.08 Å². The second kappa shape index (κ2) is 7.42. The van der Waals surface area contributed by atoms with Crippen LogP contribution in [0.2, 0.25) is 0 Å². The molecule has 1 aliphatic rings. The molecule has 0 bridgehead atoms. The molecule has 0 aromatic rings. The average molecular weight is 242 g/mol. The maximum absolute atomic E-state index is 12.2. The minimum Gasteiger partial charge on any atom is -0.395 e. The summed E-state index contributed by atoms with van der Waals surface area (Å²) in [6.07, 6.45) is 1.75. The lowest BCUT2D eigenvalue weighted by molar-refractivity contribution is -0.140. The van der Waals surface area contributed by atoms with E-state index >= 15 is 0 Å². The lowest BCUT2D eigenvalue weighted by Crippen LogP contribution is -2.51. The Labute approximate surface area is 103 Å². The first-order valence-electron chi connectivity index (χ1n) is 6.03. The molecule has 1 amide bonds. The van der Waals surface area contributed by atoms with Gasteiger partial charge in [0.05, 0.1) is 25.9 Å². The van der Waals surface area contributed by atoms with Gasteiger partial charge < -0.3 is 14.7 Å². The first-order valence-corrected chi connectivity index (χ1v) is 6.03. The summed E-state index contributed by atoms with van der Waals surface area (Å²) in [6, 6.07) is -0.224. The zero-order valence-corrected chi connectivity index (χ0v) is 10.5. The molecule has 5 nitrogen and oxygen atoms in total. The Hall–Kier alpha value is -0.910. The van der Waals surface area contributed by atoms with Crippen LogP contribution in [0.5, 0.6) is 0 Å². The molecule has 1 aliphatic heterocycles. The molecule has 0 aromatic carbocycles. The van der Waals surface area contributed by atoms with Crippen LogP contribution in [0.15, 0.2) is 12.7 Å². The molecule has 1 heterocycles. The number of nitrogens with zero attached hydrogens (tertiary/aromatic N) is 2. The van der Waals surface area contributed by atoms with Gasteiger partial charge >= 0.3 is 0 Å². The number of morpholine rings is 1. The largest absolute Gasteiger partial charge is 0.395 e. The van der Waals surface area contributed by atoms with E-state index in [-0.39, 0.29) is 18.6 Å². The summed E-state index contributed by atoms with van der Waals surface area (Å²) in [4.78, 5) is 15.9. The van der Waals surface area contributed by atoms with Crippen molar-refractivity contribution in [2.75, 3.05) is 46.0 Å². The van der Waals surface area contributed by atoms with Crippen molar-refractivity contribution in [3.05, 3.63) is 12.7 Å². The van der Waals surface area contributed by atoms with Gasteiger partial charge in [-0.3, -0.25) is 9.69 Å². The third-order valence-electron chi connectivity index (χ3n) is 2.98. The standard InChI is InChI=1S/C12H22N2O3/c1-3-4-13(5-8-15)11(2)12(16)14-6-9-17-10-7-14/h3,11,15H,1,4-10H2,2H3. The maximum atomic E-state index is 12.2. The summed E-state index contributed by atoms with van der Waals surface area (Å²) in [5.74, 6) is 0.101. The van der Waals surface area contributed by atoms with Crippen LogP contribution in [0.1, 0.15) is 6.92 Å². The molecule has 5 heteroatoms. The van der Waals surface area contributed by atoms with Crippen LogP contribution in [-0.2, 0) is 9.53 Å². The monoisotopic (exact) mass is 242 g/mol. The van der Waals surface area contributed by atoms with E-state index in [1.807, 2.05) is 16.7 Å². The highest BCUT2D eigenvalue weighted by atomic mass is 16.5. The van der Waals surface area contributed by atoms with Crippen LogP contribution < -0.4 is 0 Å². The molecule has 1 rings (SSSR count). The van der Waals surface area contributed by atoms with Crippen molar-refractivity contribution >= 4 is 5.91 Å². The van der Waals surface area contributed by atoms with E-state index < -0.39 is 0 Å². The highest BCUT2D eigenvalue weighted by molar-refractivity contribution is 5.81. The molecular formula is C12H22N2O3. The van der Waals surface area contributed by atoms with Crippen LogP contribution in [-0.4, -0.2) is 72.9 Å². The van der Waals surface area contributed by atoms with Crippen LogP contribution in [0.4, 0.5) is 0 Å². The van der Waals surface area contributed by atoms with Gasteiger partial charge in [-0.25, -0.2) is 0 Å². The smallest absolute Gasteiger partial charge is 0.239 e. The normalized spacial score (nSPS) is 18.2. The van der Waals surface area contributed by atoms with E-state index in [1.54, 1.807) is 6.08 Å². The van der Waals surface area contributed by atoms with Crippen molar-refractivity contribution in [1.29, 1.82) is 0 Å². The lowest BCUT2D eigenvalue weighted by Gasteiger charge is -2.33. The predicted molar refractivity (Wildman–Crippen MR) is 65.7 cm³/mol. The lowest BCUT2D eigenvalue weighted by atomic mass is 10.2. The molecule has 0 aliphatic carbocycles. The third kappa shape index (κ3) is 4.11. The van der Waals surface area contributed by atoms with Crippen molar-refractivity contribution < 1.29 is 14.6 Å². The average Bonchev–Trinajstić information content (AvgIpc) is 2.38. The molecule has 1 unspecified atom stereocenters. The Balaban J connectivity index is 2.54. The molecule has 0 radical (unpaired) electrons. The number of rotatable bonds is 6. The second-order valence-electron chi connectivity index (χ2n) is 4.12. The molecule has 17 heavy (non-hydrogen) atoms. The zero-order chi connectivity index (χ0) is 12.7. The Morgan fingerprint density at radius 2 is 2.24 bits per heavy atom. The van der Waals surface area contributed by atoms with Crippen LogP contribution in [0.3, 0.4) is 0 Å². The van der Waals surface area contributed by atoms with Gasteiger partial charge in [0.2, 0.25) is 5.91 Å². The van der Waals surface area contributed by atoms with E-state index in [4.69, 9.17) is 9.84 Å². The third-order valence-corrected chi connectivity index (χ3v) is 2.98. The van der Waals surface area contributed by atoms with Crippen molar-refractivity contribution in [1.82, 2.24) is 9.80 Å². The molecule has 0 aromatic heterocycles. The topological polar surface area (TPSA) is 53.0 Å². The SMILES string of the molecule is C=CCN(CCO)C(C)C(=O)N1CCOCC1. The summed E-state index contributed by atoms with van der Waals surface area (Å²) < 4.78 is 5.22. The Morgan fingerprint density at radius 1 is 1.59 bits per heavy atom. The Kier molecular flexibility index (Phi) is 6.18. The molecule has 0 spiro atoms. The van der Waals surface area contributed by atoms with Gasteiger partial charge in [-0.05, 0) is 6.92 Å². The van der Waals surface area contributed by atoms with E-state index in [0.717, 1.165) is 0 Å². The fraction of sp³-hybridized carbons (Fsp3) is 0.750. The van der Waals surface area contributed by atoms with E-state index in [0.29, 0.717) is 39.4 Å². The molecule has 1 saturated heterocycles. The first kappa shape index (κ1) is 14.2. The van der Waals surface area contributed by atoms with Gasteiger partial charge in [0.15, 0.2) is 0 Å². The van der Waals surface area contributed by atoms with Gasteiger partial charge in [0, 0.05) is 26.2 Å². The highest BCUT2D eigenvalue weighted by Crippen LogP contribution is 2.06. The Morgan fingerprint density at radius 3 is 2.76 bits per heavy atom.